The molecule has 1 aliphatic rings. The SMILES string of the molecule is Cc1ccc(-c2cc(C[C@@]3(C(=O)N(C)C)CCCN(C(=O)c4ccccn4)C3)on2)cc1. The van der Waals surface area contributed by atoms with Gasteiger partial charge in [0.1, 0.15) is 17.1 Å². The van der Waals surface area contributed by atoms with Gasteiger partial charge in [0.25, 0.3) is 5.91 Å². The van der Waals surface area contributed by atoms with E-state index in [4.69, 9.17) is 4.52 Å². The molecule has 7 heteroatoms. The molecule has 1 atom stereocenters. The molecule has 7 nitrogen and oxygen atoms in total. The van der Waals surface area contributed by atoms with E-state index < -0.39 is 5.41 Å². The average molecular weight is 433 g/mol. The third-order valence-corrected chi connectivity index (χ3v) is 6.03. The van der Waals surface area contributed by atoms with Crippen molar-refractivity contribution in [1.29, 1.82) is 0 Å². The van der Waals surface area contributed by atoms with Crippen molar-refractivity contribution in [3.8, 4) is 11.3 Å². The summed E-state index contributed by atoms with van der Waals surface area (Å²) >= 11 is 0. The Labute approximate surface area is 188 Å². The van der Waals surface area contributed by atoms with Crippen molar-refractivity contribution in [1.82, 2.24) is 19.9 Å². The molecule has 0 unspecified atom stereocenters. The van der Waals surface area contributed by atoms with E-state index in [0.29, 0.717) is 37.4 Å². The van der Waals surface area contributed by atoms with Gasteiger partial charge in [0.05, 0.1) is 5.41 Å². The normalized spacial score (nSPS) is 18.4. The Morgan fingerprint density at radius 1 is 1.16 bits per heavy atom. The van der Waals surface area contributed by atoms with E-state index in [1.54, 1.807) is 48.3 Å². The minimum absolute atomic E-state index is 0.00990. The van der Waals surface area contributed by atoms with Gasteiger partial charge in [-0.25, -0.2) is 0 Å². The molecule has 1 aliphatic heterocycles. The van der Waals surface area contributed by atoms with Crippen molar-refractivity contribution < 1.29 is 14.1 Å². The van der Waals surface area contributed by atoms with Crippen molar-refractivity contribution in [3.05, 3.63) is 71.7 Å². The summed E-state index contributed by atoms with van der Waals surface area (Å²) in [6.07, 6.45) is 3.40. The first-order valence-corrected chi connectivity index (χ1v) is 10.8. The second kappa shape index (κ2) is 8.94. The Kier molecular flexibility index (Phi) is 6.08. The number of hydrogen-bond donors (Lipinski definition) is 0. The zero-order valence-corrected chi connectivity index (χ0v) is 18.7. The smallest absolute Gasteiger partial charge is 0.272 e. The average Bonchev–Trinajstić information content (AvgIpc) is 3.27. The number of pyridine rings is 1. The van der Waals surface area contributed by atoms with Crippen LogP contribution in [0.2, 0.25) is 0 Å². The van der Waals surface area contributed by atoms with E-state index in [1.807, 2.05) is 37.3 Å². The molecule has 1 aromatic carbocycles. The molecule has 1 saturated heterocycles. The molecule has 0 N–H and O–H groups in total. The quantitative estimate of drug-likeness (QED) is 0.616. The van der Waals surface area contributed by atoms with E-state index >= 15 is 0 Å². The van der Waals surface area contributed by atoms with Gasteiger partial charge in [-0.1, -0.05) is 41.1 Å². The minimum atomic E-state index is -0.768. The van der Waals surface area contributed by atoms with Gasteiger partial charge in [0.15, 0.2) is 0 Å². The van der Waals surface area contributed by atoms with Crippen LogP contribution in [0, 0.1) is 12.3 Å². The molecule has 166 valence electrons. The fourth-order valence-corrected chi connectivity index (χ4v) is 4.42. The molecule has 3 aromatic rings. The maximum atomic E-state index is 13.4. The van der Waals surface area contributed by atoms with Crippen LogP contribution in [0.4, 0.5) is 0 Å². The topological polar surface area (TPSA) is 79.5 Å². The van der Waals surface area contributed by atoms with Crippen LogP contribution in [0.15, 0.2) is 59.3 Å². The Morgan fingerprint density at radius 2 is 1.94 bits per heavy atom. The summed E-state index contributed by atoms with van der Waals surface area (Å²) in [5.41, 5.74) is 2.50. The molecule has 4 rings (SSSR count). The molecule has 0 saturated carbocycles. The summed E-state index contributed by atoms with van der Waals surface area (Å²) < 4.78 is 5.65. The Bertz CT molecular complexity index is 1090. The Hall–Kier alpha value is -3.48. The molecule has 2 amide bonds. The van der Waals surface area contributed by atoms with Crippen molar-refractivity contribution in [2.45, 2.75) is 26.2 Å². The molecule has 0 radical (unpaired) electrons. The monoisotopic (exact) mass is 432 g/mol. The van der Waals surface area contributed by atoms with Crippen molar-refractivity contribution in [2.75, 3.05) is 27.2 Å². The molecule has 0 aliphatic carbocycles. The molecule has 0 bridgehead atoms. The van der Waals surface area contributed by atoms with Gasteiger partial charge < -0.3 is 14.3 Å². The molecule has 2 aromatic heterocycles. The fourth-order valence-electron chi connectivity index (χ4n) is 4.42. The lowest BCUT2D eigenvalue weighted by atomic mass is 9.75. The number of nitrogens with zero attached hydrogens (tertiary/aromatic N) is 4. The number of aromatic nitrogens is 2. The van der Waals surface area contributed by atoms with Crippen molar-refractivity contribution >= 4 is 11.8 Å². The number of rotatable bonds is 5. The molecular weight excluding hydrogens is 404 g/mol. The summed E-state index contributed by atoms with van der Waals surface area (Å²) in [7, 11) is 3.50. The molecule has 3 heterocycles. The Balaban J connectivity index is 1.60. The van der Waals surface area contributed by atoms with Gasteiger partial charge in [-0.3, -0.25) is 14.6 Å². The summed E-state index contributed by atoms with van der Waals surface area (Å²) in [6, 6.07) is 15.3. The lowest BCUT2D eigenvalue weighted by Crippen LogP contribution is -2.54. The van der Waals surface area contributed by atoms with E-state index in [1.165, 1.54) is 5.56 Å². The lowest BCUT2D eigenvalue weighted by Gasteiger charge is -2.42. The number of hydrogen-bond acceptors (Lipinski definition) is 5. The first-order chi connectivity index (χ1) is 15.4. The second-order valence-corrected chi connectivity index (χ2v) is 8.75. The maximum absolute atomic E-state index is 13.4. The first-order valence-electron chi connectivity index (χ1n) is 10.8. The summed E-state index contributed by atoms with van der Waals surface area (Å²) in [4.78, 5) is 33.9. The van der Waals surface area contributed by atoms with E-state index in [2.05, 4.69) is 10.1 Å². The molecule has 1 fully saturated rings. The van der Waals surface area contributed by atoms with Crippen molar-refractivity contribution in [3.63, 3.8) is 0 Å². The summed E-state index contributed by atoms with van der Waals surface area (Å²) in [6.45, 7) is 2.96. The van der Waals surface area contributed by atoms with Crippen LogP contribution >= 0.6 is 0 Å². The molecule has 0 spiro atoms. The first kappa shape index (κ1) is 21.7. The second-order valence-electron chi connectivity index (χ2n) is 8.75. The number of benzene rings is 1. The predicted octanol–water partition coefficient (Wildman–Crippen LogP) is 3.60. The van der Waals surface area contributed by atoms with Gasteiger partial charge in [-0.2, -0.15) is 0 Å². The van der Waals surface area contributed by atoms with E-state index in [9.17, 15) is 9.59 Å². The fraction of sp³-hybridized carbons (Fsp3) is 0.360. The van der Waals surface area contributed by atoms with Crippen LogP contribution in [0.1, 0.15) is 34.7 Å². The Morgan fingerprint density at radius 3 is 2.62 bits per heavy atom. The van der Waals surface area contributed by atoms with Crippen LogP contribution in [0.3, 0.4) is 0 Å². The number of amides is 2. The highest BCUT2D eigenvalue weighted by Gasteiger charge is 2.45. The van der Waals surface area contributed by atoms with Crippen LogP contribution in [0.5, 0.6) is 0 Å². The highest BCUT2D eigenvalue weighted by molar-refractivity contribution is 5.93. The minimum Gasteiger partial charge on any atom is -0.361 e. The number of carbonyl (C=O) groups is 2. The summed E-state index contributed by atoms with van der Waals surface area (Å²) in [5.74, 6) is 0.478. The summed E-state index contributed by atoms with van der Waals surface area (Å²) in [5, 5.41) is 4.23. The van der Waals surface area contributed by atoms with E-state index in [0.717, 1.165) is 17.7 Å². The van der Waals surface area contributed by atoms with Gasteiger partial charge >= 0.3 is 0 Å². The number of aryl methyl sites for hydroxylation is 1. The van der Waals surface area contributed by atoms with Gasteiger partial charge in [-0.15, -0.1) is 0 Å². The van der Waals surface area contributed by atoms with Crippen LogP contribution < -0.4 is 0 Å². The van der Waals surface area contributed by atoms with Crippen LogP contribution in [0.25, 0.3) is 11.3 Å². The van der Waals surface area contributed by atoms with Crippen molar-refractivity contribution in [2.24, 2.45) is 5.41 Å². The van der Waals surface area contributed by atoms with Gasteiger partial charge in [0.2, 0.25) is 5.91 Å². The third-order valence-electron chi connectivity index (χ3n) is 6.03. The highest BCUT2D eigenvalue weighted by Crippen LogP contribution is 2.37. The highest BCUT2D eigenvalue weighted by atomic mass is 16.5. The zero-order valence-electron chi connectivity index (χ0n) is 18.7. The van der Waals surface area contributed by atoms with Gasteiger partial charge in [0, 0.05) is 51.4 Å². The van der Waals surface area contributed by atoms with E-state index in [-0.39, 0.29) is 11.8 Å². The number of carbonyl (C=O) groups excluding carboxylic acids is 2. The molecular formula is C25H28N4O3. The number of piperidine rings is 1. The largest absolute Gasteiger partial charge is 0.361 e. The van der Waals surface area contributed by atoms with Gasteiger partial charge in [-0.05, 0) is 31.9 Å². The number of likely N-dealkylation sites (tertiary alicyclic amines) is 1. The maximum Gasteiger partial charge on any atom is 0.272 e. The predicted molar refractivity (Wildman–Crippen MR) is 121 cm³/mol. The lowest BCUT2D eigenvalue weighted by molar-refractivity contribution is -0.142. The third kappa shape index (κ3) is 4.42. The van der Waals surface area contributed by atoms with Crippen LogP contribution in [-0.4, -0.2) is 58.9 Å². The molecule has 32 heavy (non-hydrogen) atoms. The zero-order chi connectivity index (χ0) is 22.7. The standard InChI is InChI=1S/C25H28N4O3/c1-18-8-10-19(11-9-18)22-15-20(32-27-22)16-25(24(31)28(2)3)12-6-14-29(17-25)23(30)21-7-4-5-13-26-21/h4-5,7-11,13,15H,6,12,14,16-17H2,1-3H3/t25-/m0/s1. The van der Waals surface area contributed by atoms with Crippen LogP contribution in [-0.2, 0) is 11.2 Å².